The Hall–Kier alpha value is -2.41. The normalized spacial score (nSPS) is 15.6. The molecule has 0 saturated carbocycles. The number of esters is 1. The van der Waals surface area contributed by atoms with E-state index in [1.54, 1.807) is 31.2 Å². The second kappa shape index (κ2) is 9.87. The van der Waals surface area contributed by atoms with Crippen molar-refractivity contribution in [3.8, 4) is 0 Å². The van der Waals surface area contributed by atoms with E-state index in [0.29, 0.717) is 16.3 Å². The van der Waals surface area contributed by atoms with Gasteiger partial charge in [0.05, 0.1) is 18.8 Å². The summed E-state index contributed by atoms with van der Waals surface area (Å²) in [5.74, 6) is -0.933. The number of halogens is 1. The fourth-order valence-corrected chi connectivity index (χ4v) is 3.30. The molecule has 0 spiro atoms. The lowest BCUT2D eigenvalue weighted by Gasteiger charge is -2.23. The molecule has 6 nitrogen and oxygen atoms in total. The summed E-state index contributed by atoms with van der Waals surface area (Å²) in [6.07, 6.45) is -0.932. The van der Waals surface area contributed by atoms with Crippen LogP contribution in [0.3, 0.4) is 0 Å². The number of ether oxygens (including phenoxy) is 2. The number of hydrogen-bond acceptors (Lipinski definition) is 4. The Morgan fingerprint density at radius 3 is 2.55 bits per heavy atom. The number of anilines is 1. The van der Waals surface area contributed by atoms with Gasteiger partial charge in [-0.05, 0) is 43.7 Å². The molecule has 154 valence electrons. The summed E-state index contributed by atoms with van der Waals surface area (Å²) < 4.78 is 10.7. The van der Waals surface area contributed by atoms with Crippen molar-refractivity contribution in [3.63, 3.8) is 0 Å². The molecule has 7 heteroatoms. The molecule has 2 aromatic rings. The van der Waals surface area contributed by atoms with Crippen LogP contribution in [0, 0.1) is 6.92 Å². The summed E-state index contributed by atoms with van der Waals surface area (Å²) in [5, 5.41) is 3.27. The maximum atomic E-state index is 12.4. The maximum Gasteiger partial charge on any atom is 0.338 e. The first-order valence-corrected chi connectivity index (χ1v) is 10.1. The second-order valence-electron chi connectivity index (χ2n) is 7.23. The number of hydrogen-bond donors (Lipinski definition) is 2. The van der Waals surface area contributed by atoms with Gasteiger partial charge in [0, 0.05) is 16.3 Å². The Kier molecular flexibility index (Phi) is 7.25. The predicted molar refractivity (Wildman–Crippen MR) is 111 cm³/mol. The minimum absolute atomic E-state index is 0.406. The summed E-state index contributed by atoms with van der Waals surface area (Å²) in [4.78, 5) is 26.2. The first-order chi connectivity index (χ1) is 13.9. The fraction of sp³-hybridized carbons (Fsp3) is 0.364. The SMILES string of the molecule is Cc1ccc(Cl)cc1NC(=O)[C@@H](C)OC(=O)c1ccc(C[NH+]2CCOCC2)cc1. The van der Waals surface area contributed by atoms with E-state index < -0.39 is 18.0 Å². The van der Waals surface area contributed by atoms with Gasteiger partial charge in [0.2, 0.25) is 0 Å². The topological polar surface area (TPSA) is 69.1 Å². The summed E-state index contributed by atoms with van der Waals surface area (Å²) in [6.45, 7) is 7.86. The molecule has 0 aromatic heterocycles. The third-order valence-electron chi connectivity index (χ3n) is 4.95. The van der Waals surface area contributed by atoms with Crippen LogP contribution in [0.1, 0.15) is 28.4 Å². The van der Waals surface area contributed by atoms with Crippen LogP contribution in [0.5, 0.6) is 0 Å². The molecule has 1 aliphatic rings. The molecule has 1 aliphatic heterocycles. The van der Waals surface area contributed by atoms with Crippen LogP contribution < -0.4 is 10.2 Å². The number of rotatable bonds is 6. The van der Waals surface area contributed by atoms with Crippen LogP contribution in [0.4, 0.5) is 5.69 Å². The molecule has 1 atom stereocenters. The Labute approximate surface area is 175 Å². The summed E-state index contributed by atoms with van der Waals surface area (Å²) in [6, 6.07) is 12.6. The van der Waals surface area contributed by atoms with Crippen molar-refractivity contribution >= 4 is 29.2 Å². The number of aryl methyl sites for hydroxylation is 1. The second-order valence-corrected chi connectivity index (χ2v) is 7.67. The van der Waals surface area contributed by atoms with E-state index in [1.165, 1.54) is 4.90 Å². The van der Waals surface area contributed by atoms with E-state index in [2.05, 4.69) is 5.32 Å². The summed E-state index contributed by atoms with van der Waals surface area (Å²) in [7, 11) is 0. The number of benzene rings is 2. The molecular weight excluding hydrogens is 392 g/mol. The van der Waals surface area contributed by atoms with Gasteiger partial charge in [-0.25, -0.2) is 4.79 Å². The summed E-state index contributed by atoms with van der Waals surface area (Å²) >= 11 is 5.97. The number of amides is 1. The molecule has 0 radical (unpaired) electrons. The molecule has 29 heavy (non-hydrogen) atoms. The minimum atomic E-state index is -0.932. The number of quaternary nitrogens is 1. The predicted octanol–water partition coefficient (Wildman–Crippen LogP) is 2.25. The van der Waals surface area contributed by atoms with Crippen molar-refractivity contribution in [1.29, 1.82) is 0 Å². The highest BCUT2D eigenvalue weighted by Crippen LogP contribution is 2.20. The van der Waals surface area contributed by atoms with Gasteiger partial charge in [-0.3, -0.25) is 4.79 Å². The average Bonchev–Trinajstić information content (AvgIpc) is 2.72. The van der Waals surface area contributed by atoms with E-state index in [-0.39, 0.29) is 0 Å². The standard InChI is InChI=1S/C22H25ClN2O4/c1-15-3-8-19(23)13-20(15)24-21(26)16(2)29-22(27)18-6-4-17(5-7-18)14-25-9-11-28-12-10-25/h3-8,13,16H,9-12,14H2,1-2H3,(H,24,26)/p+1/t16-/m1/s1. The number of morpholine rings is 1. The minimum Gasteiger partial charge on any atom is -0.449 e. The smallest absolute Gasteiger partial charge is 0.338 e. The fourth-order valence-electron chi connectivity index (χ4n) is 3.13. The van der Waals surface area contributed by atoms with Crippen molar-refractivity contribution in [2.75, 3.05) is 31.6 Å². The molecule has 1 heterocycles. The highest BCUT2D eigenvalue weighted by Gasteiger charge is 2.20. The van der Waals surface area contributed by atoms with Gasteiger partial charge in [0.1, 0.15) is 19.6 Å². The van der Waals surface area contributed by atoms with E-state index in [1.807, 2.05) is 25.1 Å². The number of carbonyl (C=O) groups is 2. The molecule has 0 aliphatic carbocycles. The average molecular weight is 418 g/mol. The van der Waals surface area contributed by atoms with Crippen molar-refractivity contribution in [1.82, 2.24) is 0 Å². The molecule has 0 bridgehead atoms. The Balaban J connectivity index is 1.54. The van der Waals surface area contributed by atoms with Crippen LogP contribution >= 0.6 is 11.6 Å². The van der Waals surface area contributed by atoms with Gasteiger partial charge >= 0.3 is 5.97 Å². The zero-order valence-electron chi connectivity index (χ0n) is 16.7. The molecule has 3 rings (SSSR count). The van der Waals surface area contributed by atoms with E-state index in [4.69, 9.17) is 21.1 Å². The Morgan fingerprint density at radius 1 is 1.17 bits per heavy atom. The lowest BCUT2D eigenvalue weighted by Crippen LogP contribution is -3.12. The maximum absolute atomic E-state index is 12.4. The highest BCUT2D eigenvalue weighted by atomic mass is 35.5. The molecule has 2 aromatic carbocycles. The van der Waals surface area contributed by atoms with Crippen LogP contribution in [-0.4, -0.2) is 44.3 Å². The monoisotopic (exact) mass is 417 g/mol. The van der Waals surface area contributed by atoms with Crippen molar-refractivity contribution < 1.29 is 24.0 Å². The van der Waals surface area contributed by atoms with Crippen molar-refractivity contribution in [3.05, 3.63) is 64.2 Å². The first kappa shape index (κ1) is 21.3. The zero-order valence-corrected chi connectivity index (χ0v) is 17.4. The largest absolute Gasteiger partial charge is 0.449 e. The van der Waals surface area contributed by atoms with E-state index in [0.717, 1.165) is 44.0 Å². The third-order valence-corrected chi connectivity index (χ3v) is 5.19. The lowest BCUT2D eigenvalue weighted by atomic mass is 10.1. The summed E-state index contributed by atoms with van der Waals surface area (Å²) in [5.41, 5.74) is 3.05. The lowest BCUT2D eigenvalue weighted by molar-refractivity contribution is -0.921. The van der Waals surface area contributed by atoms with Crippen molar-refractivity contribution in [2.45, 2.75) is 26.5 Å². The van der Waals surface area contributed by atoms with Gasteiger partial charge < -0.3 is 19.7 Å². The van der Waals surface area contributed by atoms with E-state index in [9.17, 15) is 9.59 Å². The highest BCUT2D eigenvalue weighted by molar-refractivity contribution is 6.31. The van der Waals surface area contributed by atoms with Crippen LogP contribution in [-0.2, 0) is 20.8 Å². The molecule has 1 fully saturated rings. The quantitative estimate of drug-likeness (QED) is 0.707. The van der Waals surface area contributed by atoms with Gasteiger partial charge in [0.15, 0.2) is 6.10 Å². The van der Waals surface area contributed by atoms with Crippen LogP contribution in [0.25, 0.3) is 0 Å². The first-order valence-electron chi connectivity index (χ1n) is 9.70. The van der Waals surface area contributed by atoms with E-state index >= 15 is 0 Å². The Morgan fingerprint density at radius 2 is 1.86 bits per heavy atom. The molecule has 1 saturated heterocycles. The van der Waals surface area contributed by atoms with Gasteiger partial charge in [-0.1, -0.05) is 29.8 Å². The number of nitrogens with one attached hydrogen (secondary N) is 2. The van der Waals surface area contributed by atoms with Gasteiger partial charge in [-0.15, -0.1) is 0 Å². The van der Waals surface area contributed by atoms with Crippen LogP contribution in [0.15, 0.2) is 42.5 Å². The molecule has 1 amide bonds. The van der Waals surface area contributed by atoms with Crippen LogP contribution in [0.2, 0.25) is 5.02 Å². The third kappa shape index (κ3) is 6.03. The number of carbonyl (C=O) groups excluding carboxylic acids is 2. The Bertz CT molecular complexity index is 864. The zero-order chi connectivity index (χ0) is 20.8. The molecule has 2 N–H and O–H groups in total. The van der Waals surface area contributed by atoms with Gasteiger partial charge in [0.25, 0.3) is 5.91 Å². The molecular formula is C22H26ClN2O4+. The van der Waals surface area contributed by atoms with Gasteiger partial charge in [-0.2, -0.15) is 0 Å². The molecule has 0 unspecified atom stereocenters. The van der Waals surface area contributed by atoms with Crippen molar-refractivity contribution in [2.24, 2.45) is 0 Å².